The lowest BCUT2D eigenvalue weighted by molar-refractivity contribution is -0.136. The summed E-state index contributed by atoms with van der Waals surface area (Å²) in [5.41, 5.74) is 0.859. The molecule has 2 saturated heterocycles. The Balaban J connectivity index is 1.36. The minimum atomic E-state index is -3.09. The van der Waals surface area contributed by atoms with Crippen LogP contribution in [0.1, 0.15) is 16.1 Å². The van der Waals surface area contributed by atoms with Gasteiger partial charge in [-0.25, -0.2) is 12.8 Å². The average molecular weight is 437 g/mol. The van der Waals surface area contributed by atoms with Crippen molar-refractivity contribution in [2.75, 3.05) is 37.7 Å². The highest BCUT2D eigenvalue weighted by Crippen LogP contribution is 2.29. The molecule has 0 aliphatic carbocycles. The first-order valence-electron chi connectivity index (χ1n) is 9.47. The van der Waals surface area contributed by atoms with Gasteiger partial charge in [0.15, 0.2) is 9.84 Å². The summed E-state index contributed by atoms with van der Waals surface area (Å²) in [7, 11) is -3.09. The van der Waals surface area contributed by atoms with E-state index in [0.717, 1.165) is 10.4 Å². The summed E-state index contributed by atoms with van der Waals surface area (Å²) >= 11 is 1.36. The molecule has 1 atom stereocenters. The second-order valence-electron chi connectivity index (χ2n) is 7.39. The van der Waals surface area contributed by atoms with Crippen LogP contribution < -0.4 is 0 Å². The molecule has 154 valence electrons. The van der Waals surface area contributed by atoms with Crippen LogP contribution in [0, 0.1) is 11.7 Å². The van der Waals surface area contributed by atoms with Crippen molar-refractivity contribution in [3.63, 3.8) is 0 Å². The van der Waals surface area contributed by atoms with Gasteiger partial charge >= 0.3 is 0 Å². The van der Waals surface area contributed by atoms with E-state index in [0.29, 0.717) is 37.5 Å². The molecule has 9 heteroatoms. The molecule has 4 rings (SSSR count). The van der Waals surface area contributed by atoms with Crippen LogP contribution in [0.4, 0.5) is 4.39 Å². The number of halogens is 1. The van der Waals surface area contributed by atoms with Gasteiger partial charge in [0.05, 0.1) is 22.3 Å². The maximum absolute atomic E-state index is 13.1. The van der Waals surface area contributed by atoms with Gasteiger partial charge < -0.3 is 9.80 Å². The van der Waals surface area contributed by atoms with Crippen molar-refractivity contribution in [2.45, 2.75) is 6.42 Å². The first-order chi connectivity index (χ1) is 13.8. The van der Waals surface area contributed by atoms with Crippen molar-refractivity contribution in [3.05, 3.63) is 47.1 Å². The predicted molar refractivity (Wildman–Crippen MR) is 109 cm³/mol. The largest absolute Gasteiger partial charge is 0.339 e. The van der Waals surface area contributed by atoms with Gasteiger partial charge in [-0.05, 0) is 36.2 Å². The molecule has 0 radical (unpaired) electrons. The Morgan fingerprint density at radius 2 is 1.62 bits per heavy atom. The van der Waals surface area contributed by atoms with Crippen LogP contribution in [0.15, 0.2) is 36.4 Å². The Kier molecular flexibility index (Phi) is 5.44. The number of amides is 2. The first-order valence-corrected chi connectivity index (χ1v) is 12.1. The van der Waals surface area contributed by atoms with Crippen LogP contribution in [0.5, 0.6) is 0 Å². The lowest BCUT2D eigenvalue weighted by Crippen LogP contribution is -2.52. The van der Waals surface area contributed by atoms with E-state index in [4.69, 9.17) is 0 Å². The van der Waals surface area contributed by atoms with Gasteiger partial charge in [0.2, 0.25) is 5.91 Å². The van der Waals surface area contributed by atoms with E-state index in [-0.39, 0.29) is 29.1 Å². The zero-order valence-corrected chi connectivity index (χ0v) is 17.3. The molecule has 2 amide bonds. The molecule has 1 unspecified atom stereocenters. The molecular formula is C20H21FN2O4S2. The third-order valence-corrected chi connectivity index (χ3v) is 8.30. The maximum atomic E-state index is 13.1. The Hall–Kier alpha value is -2.26. The zero-order chi connectivity index (χ0) is 20.6. The fourth-order valence-corrected chi connectivity index (χ4v) is 6.47. The van der Waals surface area contributed by atoms with E-state index in [1.165, 1.54) is 23.5 Å². The molecule has 1 aromatic heterocycles. The SMILES string of the molecule is O=C(c1ccc(-c2ccc(F)cc2)s1)N1CCN(C(=O)C2CCS(=O)(=O)C2)CC1. The van der Waals surface area contributed by atoms with Crippen molar-refractivity contribution in [2.24, 2.45) is 5.92 Å². The molecule has 2 fully saturated rings. The molecule has 0 spiro atoms. The molecule has 2 aliphatic heterocycles. The molecule has 0 bridgehead atoms. The molecule has 0 N–H and O–H groups in total. The number of carbonyl (C=O) groups is 2. The number of sulfone groups is 1. The Morgan fingerprint density at radius 3 is 2.24 bits per heavy atom. The third kappa shape index (κ3) is 4.35. The van der Waals surface area contributed by atoms with Crippen LogP contribution >= 0.6 is 11.3 Å². The Labute approximate surface area is 172 Å². The highest BCUT2D eigenvalue weighted by atomic mass is 32.2. The van der Waals surface area contributed by atoms with E-state index in [9.17, 15) is 22.4 Å². The van der Waals surface area contributed by atoms with E-state index in [1.807, 2.05) is 6.07 Å². The molecule has 6 nitrogen and oxygen atoms in total. The summed E-state index contributed by atoms with van der Waals surface area (Å²) in [6.45, 7) is 1.68. The summed E-state index contributed by atoms with van der Waals surface area (Å²) in [6, 6.07) is 9.77. The number of carbonyl (C=O) groups excluding carboxylic acids is 2. The summed E-state index contributed by atoms with van der Waals surface area (Å²) in [5, 5.41) is 0. The smallest absolute Gasteiger partial charge is 0.264 e. The minimum absolute atomic E-state index is 0.0632. The number of hydrogen-bond donors (Lipinski definition) is 0. The minimum Gasteiger partial charge on any atom is -0.339 e. The second kappa shape index (κ2) is 7.87. The van der Waals surface area contributed by atoms with Crippen LogP contribution in [0.3, 0.4) is 0 Å². The summed E-state index contributed by atoms with van der Waals surface area (Å²) in [5.74, 6) is -0.933. The van der Waals surface area contributed by atoms with Crippen LogP contribution in [-0.4, -0.2) is 67.7 Å². The van der Waals surface area contributed by atoms with Crippen LogP contribution in [0.2, 0.25) is 0 Å². The number of piperazine rings is 1. The molecule has 1 aromatic carbocycles. The molecule has 2 aliphatic rings. The number of benzene rings is 1. The summed E-state index contributed by atoms with van der Waals surface area (Å²) in [6.07, 6.45) is 0.391. The van der Waals surface area contributed by atoms with Crippen LogP contribution in [-0.2, 0) is 14.6 Å². The van der Waals surface area contributed by atoms with Gasteiger partial charge in [-0.3, -0.25) is 9.59 Å². The number of rotatable bonds is 3. The van der Waals surface area contributed by atoms with Crippen LogP contribution in [0.25, 0.3) is 10.4 Å². The van der Waals surface area contributed by atoms with E-state index in [2.05, 4.69) is 0 Å². The Bertz CT molecular complexity index is 1030. The van der Waals surface area contributed by atoms with Gasteiger partial charge in [0.25, 0.3) is 5.91 Å². The van der Waals surface area contributed by atoms with Gasteiger partial charge in [0, 0.05) is 31.1 Å². The molecule has 3 heterocycles. The van der Waals surface area contributed by atoms with E-state index in [1.54, 1.807) is 28.0 Å². The van der Waals surface area contributed by atoms with E-state index >= 15 is 0 Å². The summed E-state index contributed by atoms with van der Waals surface area (Å²) in [4.78, 5) is 30.3. The molecule has 0 saturated carbocycles. The Morgan fingerprint density at radius 1 is 0.966 bits per heavy atom. The van der Waals surface area contributed by atoms with Gasteiger partial charge in [-0.1, -0.05) is 12.1 Å². The normalized spacial score (nSPS) is 21.3. The quantitative estimate of drug-likeness (QED) is 0.740. The van der Waals surface area contributed by atoms with Crippen molar-refractivity contribution in [3.8, 4) is 10.4 Å². The maximum Gasteiger partial charge on any atom is 0.264 e. The van der Waals surface area contributed by atoms with Gasteiger partial charge in [-0.15, -0.1) is 11.3 Å². The first kappa shape index (κ1) is 20.0. The van der Waals surface area contributed by atoms with Crippen molar-refractivity contribution >= 4 is 33.0 Å². The second-order valence-corrected chi connectivity index (χ2v) is 10.7. The lowest BCUT2D eigenvalue weighted by atomic mass is 10.1. The van der Waals surface area contributed by atoms with Crippen molar-refractivity contribution in [1.29, 1.82) is 0 Å². The summed E-state index contributed by atoms with van der Waals surface area (Å²) < 4.78 is 36.3. The van der Waals surface area contributed by atoms with E-state index < -0.39 is 15.8 Å². The highest BCUT2D eigenvalue weighted by molar-refractivity contribution is 7.91. The predicted octanol–water partition coefficient (Wildman–Crippen LogP) is 2.27. The molecule has 2 aromatic rings. The van der Waals surface area contributed by atoms with Crippen molar-refractivity contribution < 1.29 is 22.4 Å². The number of thiophene rings is 1. The highest BCUT2D eigenvalue weighted by Gasteiger charge is 2.36. The monoisotopic (exact) mass is 436 g/mol. The molecule has 29 heavy (non-hydrogen) atoms. The third-order valence-electron chi connectivity index (χ3n) is 5.41. The average Bonchev–Trinajstić information content (AvgIpc) is 3.34. The fraction of sp³-hybridized carbons (Fsp3) is 0.400. The topological polar surface area (TPSA) is 74.8 Å². The number of nitrogens with zero attached hydrogens (tertiary/aromatic N) is 2. The van der Waals surface area contributed by atoms with Gasteiger partial charge in [0.1, 0.15) is 5.82 Å². The standard InChI is InChI=1S/C20H21FN2O4S2/c21-16-3-1-14(2-4-16)17-5-6-18(28-17)20(25)23-10-8-22(9-11-23)19(24)15-7-12-29(26,27)13-15/h1-6,15H,7-13H2. The van der Waals surface area contributed by atoms with Crippen molar-refractivity contribution in [1.82, 2.24) is 9.80 Å². The number of hydrogen-bond acceptors (Lipinski definition) is 5. The molecular weight excluding hydrogens is 415 g/mol. The lowest BCUT2D eigenvalue weighted by Gasteiger charge is -2.35. The zero-order valence-electron chi connectivity index (χ0n) is 15.7. The van der Waals surface area contributed by atoms with Gasteiger partial charge in [-0.2, -0.15) is 0 Å². The fourth-order valence-electron chi connectivity index (χ4n) is 3.76.